The summed E-state index contributed by atoms with van der Waals surface area (Å²) in [5.41, 5.74) is 0.231. The van der Waals surface area contributed by atoms with Gasteiger partial charge in [0.05, 0.1) is 0 Å². The van der Waals surface area contributed by atoms with Crippen LogP contribution in [0.5, 0.6) is 0 Å². The molecule has 2 amide bonds. The summed E-state index contributed by atoms with van der Waals surface area (Å²) < 4.78 is 11.2. The Bertz CT molecular complexity index is 670. The molecule has 0 aromatic carbocycles. The third-order valence-electron chi connectivity index (χ3n) is 10.1. The van der Waals surface area contributed by atoms with Crippen LogP contribution in [0.3, 0.4) is 0 Å². The van der Waals surface area contributed by atoms with Crippen molar-refractivity contribution in [3.05, 3.63) is 0 Å². The maximum absolute atomic E-state index is 12.2. The molecule has 4 bridgehead atoms. The van der Waals surface area contributed by atoms with Crippen LogP contribution in [0.25, 0.3) is 0 Å². The number of nitrogens with zero attached hydrogens (tertiary/aromatic N) is 2. The van der Waals surface area contributed by atoms with Gasteiger partial charge in [0.25, 0.3) is 0 Å². The van der Waals surface area contributed by atoms with Gasteiger partial charge in [-0.15, -0.1) is 0 Å². The van der Waals surface area contributed by atoms with Crippen LogP contribution in [0.2, 0.25) is 0 Å². The minimum absolute atomic E-state index is 0.0351. The molecule has 0 saturated heterocycles. The van der Waals surface area contributed by atoms with Crippen LogP contribution in [0.4, 0.5) is 9.59 Å². The van der Waals surface area contributed by atoms with E-state index in [0.29, 0.717) is 11.8 Å². The largest absolute Gasteiger partial charge is 0.452 e. The van der Waals surface area contributed by atoms with Crippen LogP contribution in [-0.4, -0.2) is 24.4 Å². The highest BCUT2D eigenvalue weighted by Gasteiger charge is 2.64. The lowest BCUT2D eigenvalue weighted by Gasteiger charge is -2.38. The first-order chi connectivity index (χ1) is 12.9. The average molecular weight is 391 g/mol. The Kier molecular flexibility index (Phi) is 4.27. The summed E-state index contributed by atoms with van der Waals surface area (Å²) in [6, 6.07) is 0. The van der Waals surface area contributed by atoms with Gasteiger partial charge in [0, 0.05) is 10.8 Å². The summed E-state index contributed by atoms with van der Waals surface area (Å²) in [6.07, 6.45) is 4.32. The van der Waals surface area contributed by atoms with E-state index >= 15 is 0 Å². The predicted octanol–water partition coefficient (Wildman–Crippen LogP) is 6.14. The molecular weight excluding hydrogens is 356 g/mol. The van der Waals surface area contributed by atoms with Gasteiger partial charge in [-0.3, -0.25) is 0 Å². The quantitative estimate of drug-likeness (QED) is 0.530. The molecule has 6 nitrogen and oxygen atoms in total. The second-order valence-corrected chi connectivity index (χ2v) is 11.2. The third kappa shape index (κ3) is 2.51. The van der Waals surface area contributed by atoms with Gasteiger partial charge in [-0.25, -0.2) is 9.59 Å². The van der Waals surface area contributed by atoms with Crippen molar-refractivity contribution < 1.29 is 19.1 Å². The molecule has 0 radical (unpaired) electrons. The zero-order valence-corrected chi connectivity index (χ0v) is 18.1. The molecule has 0 N–H and O–H groups in total. The fourth-order valence-electron chi connectivity index (χ4n) is 6.99. The number of carbonyl (C=O) groups excluding carboxylic acids is 2. The molecule has 0 aromatic rings. The van der Waals surface area contributed by atoms with E-state index in [1.54, 1.807) is 0 Å². The minimum Gasteiger partial charge on any atom is -0.443 e. The van der Waals surface area contributed by atoms with Crippen molar-refractivity contribution in [2.24, 2.45) is 43.7 Å². The van der Waals surface area contributed by atoms with Gasteiger partial charge in [0.1, 0.15) is 12.2 Å². The first-order valence-electron chi connectivity index (χ1n) is 10.7. The lowest BCUT2D eigenvalue weighted by Crippen LogP contribution is -2.38. The summed E-state index contributed by atoms with van der Waals surface area (Å²) in [7, 11) is 0. The van der Waals surface area contributed by atoms with Crippen molar-refractivity contribution in [2.45, 2.75) is 92.3 Å². The number of ether oxygens (including phenoxy) is 2. The molecule has 0 heterocycles. The Labute approximate surface area is 167 Å². The third-order valence-corrected chi connectivity index (χ3v) is 10.1. The van der Waals surface area contributed by atoms with Crippen LogP contribution in [0, 0.1) is 33.5 Å². The lowest BCUT2D eigenvalue weighted by molar-refractivity contribution is -0.00458. The number of hydrogen-bond acceptors (Lipinski definition) is 4. The van der Waals surface area contributed by atoms with Crippen LogP contribution in [0.1, 0.15) is 80.1 Å². The van der Waals surface area contributed by atoms with E-state index < -0.39 is 12.2 Å². The van der Waals surface area contributed by atoms with E-state index in [9.17, 15) is 9.59 Å². The first-order valence-corrected chi connectivity index (χ1v) is 10.7. The van der Waals surface area contributed by atoms with Crippen LogP contribution in [-0.2, 0) is 9.47 Å². The molecule has 0 unspecified atom stereocenters. The van der Waals surface area contributed by atoms with Crippen molar-refractivity contribution in [2.75, 3.05) is 0 Å². The van der Waals surface area contributed by atoms with Crippen molar-refractivity contribution in [3.8, 4) is 0 Å². The fourth-order valence-corrected chi connectivity index (χ4v) is 6.99. The SMILES string of the molecule is CC1(C)[C@H]2CC[C@@]1(C)[C@H](OC(=O)N=NC(=O)O[C@@H]1C[C@@H]3CC[C@@]1(C)C3(C)C)C2. The van der Waals surface area contributed by atoms with E-state index in [-0.39, 0.29) is 33.9 Å². The Morgan fingerprint density at radius 1 is 0.714 bits per heavy atom. The number of amides is 2. The Hall–Kier alpha value is -1.46. The Morgan fingerprint density at radius 3 is 1.32 bits per heavy atom. The second kappa shape index (κ2) is 6.02. The Morgan fingerprint density at radius 2 is 1.07 bits per heavy atom. The van der Waals surface area contributed by atoms with Gasteiger partial charge in [-0.1, -0.05) is 51.8 Å². The normalized spacial score (nSPS) is 44.9. The predicted molar refractivity (Wildman–Crippen MR) is 104 cm³/mol. The highest BCUT2D eigenvalue weighted by atomic mass is 16.6. The molecule has 6 heteroatoms. The fraction of sp³-hybridized carbons (Fsp3) is 0.909. The van der Waals surface area contributed by atoms with Gasteiger partial charge in [-0.2, -0.15) is 0 Å². The zero-order valence-electron chi connectivity index (χ0n) is 18.1. The molecule has 156 valence electrons. The van der Waals surface area contributed by atoms with Crippen molar-refractivity contribution >= 4 is 12.2 Å². The van der Waals surface area contributed by atoms with Gasteiger partial charge >= 0.3 is 12.2 Å². The van der Waals surface area contributed by atoms with Gasteiger partial charge in [0.2, 0.25) is 0 Å². The maximum atomic E-state index is 12.2. The van der Waals surface area contributed by atoms with E-state index in [1.807, 2.05) is 0 Å². The van der Waals surface area contributed by atoms with Crippen molar-refractivity contribution in [1.29, 1.82) is 0 Å². The second-order valence-electron chi connectivity index (χ2n) is 11.2. The topological polar surface area (TPSA) is 77.3 Å². The number of azo groups is 1. The molecule has 28 heavy (non-hydrogen) atoms. The van der Waals surface area contributed by atoms with Gasteiger partial charge in [-0.05, 0) is 61.2 Å². The van der Waals surface area contributed by atoms with E-state index in [1.165, 1.54) is 12.8 Å². The molecule has 0 aliphatic heterocycles. The van der Waals surface area contributed by atoms with Crippen molar-refractivity contribution in [3.63, 3.8) is 0 Å². The highest BCUT2D eigenvalue weighted by molar-refractivity contribution is 5.73. The van der Waals surface area contributed by atoms with Gasteiger partial charge < -0.3 is 9.47 Å². The number of fused-ring (bicyclic) bond motifs is 4. The average Bonchev–Trinajstić information content (AvgIpc) is 3.12. The number of hydrogen-bond donors (Lipinski definition) is 0. The van der Waals surface area contributed by atoms with Gasteiger partial charge in [0.15, 0.2) is 0 Å². The first kappa shape index (κ1) is 19.8. The molecule has 6 atom stereocenters. The molecule has 4 saturated carbocycles. The molecule has 4 aliphatic rings. The lowest BCUT2D eigenvalue weighted by atomic mass is 9.70. The van der Waals surface area contributed by atoms with Crippen LogP contribution < -0.4 is 0 Å². The van der Waals surface area contributed by atoms with E-state index in [4.69, 9.17) is 9.47 Å². The monoisotopic (exact) mass is 390 g/mol. The summed E-state index contributed by atoms with van der Waals surface area (Å²) in [4.78, 5) is 24.3. The molecule has 0 spiro atoms. The van der Waals surface area contributed by atoms with Crippen LogP contribution in [0.15, 0.2) is 10.2 Å². The summed E-state index contributed by atoms with van der Waals surface area (Å²) >= 11 is 0. The standard InChI is InChI=1S/C22H34N2O4/c1-19(2)13-7-9-21(19,5)15(11-13)27-17(25)23-24-18(26)28-16-12-14-8-10-22(16,6)20(14,3)4/h13-16H,7-12H2,1-6H3/t13-,14-,15+,16+,21-,22+/m0/s1. The molecule has 4 aliphatic carbocycles. The smallest absolute Gasteiger partial charge is 0.443 e. The van der Waals surface area contributed by atoms with E-state index in [2.05, 4.69) is 51.8 Å². The summed E-state index contributed by atoms with van der Waals surface area (Å²) in [5.74, 6) is 1.14. The van der Waals surface area contributed by atoms with E-state index in [0.717, 1.165) is 25.7 Å². The number of rotatable bonds is 2. The highest BCUT2D eigenvalue weighted by Crippen LogP contribution is 2.67. The number of carbonyl (C=O) groups is 2. The maximum Gasteiger partial charge on any atom is 0.452 e. The van der Waals surface area contributed by atoms with Crippen LogP contribution >= 0.6 is 0 Å². The minimum atomic E-state index is -0.786. The molecule has 0 aromatic heterocycles. The summed E-state index contributed by atoms with van der Waals surface area (Å²) in [6.45, 7) is 13.4. The Balaban J connectivity index is 1.33. The zero-order chi connectivity index (χ0) is 20.5. The summed E-state index contributed by atoms with van der Waals surface area (Å²) in [5, 5.41) is 7.01. The molecule has 4 fully saturated rings. The van der Waals surface area contributed by atoms with Crippen molar-refractivity contribution in [1.82, 2.24) is 0 Å². The molecule has 4 rings (SSSR count). The molecular formula is C22H34N2O4.